The summed E-state index contributed by atoms with van der Waals surface area (Å²) in [6, 6.07) is 8.08. The summed E-state index contributed by atoms with van der Waals surface area (Å²) >= 11 is 0. The van der Waals surface area contributed by atoms with E-state index >= 15 is 0 Å². The van der Waals surface area contributed by atoms with Crippen molar-refractivity contribution >= 4 is 0 Å². The Balaban J connectivity index is 2.13. The number of alkyl halides is 1. The van der Waals surface area contributed by atoms with Crippen LogP contribution in [0.4, 0.5) is 4.39 Å². The lowest BCUT2D eigenvalue weighted by Gasteiger charge is -2.34. The van der Waals surface area contributed by atoms with Crippen molar-refractivity contribution in [3.8, 4) is 0 Å². The van der Waals surface area contributed by atoms with Gasteiger partial charge in [-0.05, 0) is 37.3 Å². The van der Waals surface area contributed by atoms with Crippen LogP contribution in [0.15, 0.2) is 24.3 Å². The Bertz CT molecular complexity index is 300. The van der Waals surface area contributed by atoms with Crippen LogP contribution in [0.25, 0.3) is 0 Å². The minimum absolute atomic E-state index is 0.611. The average molecular weight is 178 g/mol. The monoisotopic (exact) mass is 178 g/mol. The lowest BCUT2D eigenvalue weighted by atomic mass is 9.77. The van der Waals surface area contributed by atoms with Crippen LogP contribution in [0, 0.1) is 6.92 Å². The highest BCUT2D eigenvalue weighted by atomic mass is 19.1. The van der Waals surface area contributed by atoms with Crippen molar-refractivity contribution in [2.75, 3.05) is 0 Å². The maximum atomic E-state index is 13.8. The van der Waals surface area contributed by atoms with Gasteiger partial charge in [0.2, 0.25) is 0 Å². The Kier molecular flexibility index (Phi) is 2.10. The molecule has 0 atom stereocenters. The first-order chi connectivity index (χ1) is 6.20. The van der Waals surface area contributed by atoms with Crippen molar-refractivity contribution in [3.05, 3.63) is 35.4 Å². The molecule has 13 heavy (non-hydrogen) atoms. The third-order valence-corrected chi connectivity index (χ3v) is 3.02. The summed E-state index contributed by atoms with van der Waals surface area (Å²) in [5, 5.41) is 0. The number of hydrogen-bond donors (Lipinski definition) is 0. The highest BCUT2D eigenvalue weighted by molar-refractivity contribution is 5.27. The van der Waals surface area contributed by atoms with Crippen molar-refractivity contribution in [2.24, 2.45) is 0 Å². The topological polar surface area (TPSA) is 0 Å². The molecule has 1 saturated carbocycles. The van der Waals surface area contributed by atoms with E-state index in [0.29, 0.717) is 6.42 Å². The van der Waals surface area contributed by atoms with E-state index in [4.69, 9.17) is 0 Å². The van der Waals surface area contributed by atoms with Gasteiger partial charge in [-0.1, -0.05) is 24.3 Å². The number of halogens is 1. The van der Waals surface area contributed by atoms with E-state index in [2.05, 4.69) is 13.0 Å². The molecule has 0 saturated heterocycles. The SMILES string of the molecule is Cc1ccccc1CC1(F)CCC1. The van der Waals surface area contributed by atoms with E-state index in [1.165, 1.54) is 11.1 Å². The Morgan fingerprint density at radius 1 is 1.31 bits per heavy atom. The zero-order chi connectivity index (χ0) is 9.31. The molecule has 1 aromatic rings. The molecule has 0 aromatic heterocycles. The van der Waals surface area contributed by atoms with E-state index in [1.54, 1.807) is 0 Å². The van der Waals surface area contributed by atoms with Crippen molar-refractivity contribution in [1.82, 2.24) is 0 Å². The van der Waals surface area contributed by atoms with Crippen LogP contribution in [0.1, 0.15) is 30.4 Å². The lowest BCUT2D eigenvalue weighted by molar-refractivity contribution is 0.0640. The molecular weight excluding hydrogens is 163 g/mol. The fourth-order valence-corrected chi connectivity index (χ4v) is 1.89. The standard InChI is InChI=1S/C12H15F/c1-10-5-2-3-6-11(10)9-12(13)7-4-8-12/h2-3,5-6H,4,7-9H2,1H3. The molecule has 1 aliphatic carbocycles. The number of benzene rings is 1. The van der Waals surface area contributed by atoms with Gasteiger partial charge in [-0.15, -0.1) is 0 Å². The number of hydrogen-bond acceptors (Lipinski definition) is 0. The van der Waals surface area contributed by atoms with Crippen LogP contribution in [0.5, 0.6) is 0 Å². The summed E-state index contributed by atoms with van der Waals surface area (Å²) in [5.74, 6) is 0. The zero-order valence-corrected chi connectivity index (χ0v) is 8.02. The second-order valence-corrected chi connectivity index (χ2v) is 4.11. The van der Waals surface area contributed by atoms with Gasteiger partial charge in [-0.25, -0.2) is 4.39 Å². The highest BCUT2D eigenvalue weighted by Crippen LogP contribution is 2.39. The van der Waals surface area contributed by atoms with E-state index < -0.39 is 5.67 Å². The maximum Gasteiger partial charge on any atom is 0.115 e. The van der Waals surface area contributed by atoms with Crippen LogP contribution in [0.3, 0.4) is 0 Å². The molecule has 0 heterocycles. The molecule has 0 nitrogen and oxygen atoms in total. The van der Waals surface area contributed by atoms with Gasteiger partial charge in [0.25, 0.3) is 0 Å². The molecule has 0 amide bonds. The first kappa shape index (κ1) is 8.74. The van der Waals surface area contributed by atoms with Crippen molar-refractivity contribution < 1.29 is 4.39 Å². The largest absolute Gasteiger partial charge is 0.244 e. The Hall–Kier alpha value is -0.850. The van der Waals surface area contributed by atoms with Gasteiger partial charge in [-0.2, -0.15) is 0 Å². The summed E-state index contributed by atoms with van der Waals surface area (Å²) in [6.45, 7) is 2.05. The third kappa shape index (κ3) is 1.74. The number of rotatable bonds is 2. The highest BCUT2D eigenvalue weighted by Gasteiger charge is 2.36. The van der Waals surface area contributed by atoms with Gasteiger partial charge in [-0.3, -0.25) is 0 Å². The van der Waals surface area contributed by atoms with Crippen molar-refractivity contribution in [1.29, 1.82) is 0 Å². The first-order valence-electron chi connectivity index (χ1n) is 4.93. The molecule has 0 bridgehead atoms. The molecule has 2 rings (SSSR count). The average Bonchev–Trinajstić information content (AvgIpc) is 2.06. The van der Waals surface area contributed by atoms with Gasteiger partial charge in [0, 0.05) is 6.42 Å². The summed E-state index contributed by atoms with van der Waals surface area (Å²) in [6.07, 6.45) is 3.17. The first-order valence-corrected chi connectivity index (χ1v) is 4.93. The fourth-order valence-electron chi connectivity index (χ4n) is 1.89. The summed E-state index contributed by atoms with van der Waals surface area (Å²) in [5.41, 5.74) is 1.50. The normalized spacial score (nSPS) is 19.5. The Labute approximate surface area is 78.8 Å². The minimum atomic E-state index is -0.883. The van der Waals surface area contributed by atoms with Gasteiger partial charge in [0.1, 0.15) is 5.67 Å². The predicted octanol–water partition coefficient (Wildman–Crippen LogP) is 3.43. The second-order valence-electron chi connectivity index (χ2n) is 4.11. The zero-order valence-electron chi connectivity index (χ0n) is 8.02. The fraction of sp³-hybridized carbons (Fsp3) is 0.500. The molecule has 0 N–H and O–H groups in total. The molecule has 70 valence electrons. The molecule has 1 fully saturated rings. The van der Waals surface area contributed by atoms with Gasteiger partial charge < -0.3 is 0 Å². The molecule has 0 spiro atoms. The second kappa shape index (κ2) is 3.13. The van der Waals surface area contributed by atoms with Crippen LogP contribution in [-0.2, 0) is 6.42 Å². The van der Waals surface area contributed by atoms with Crippen molar-refractivity contribution in [3.63, 3.8) is 0 Å². The number of aryl methyl sites for hydroxylation is 1. The van der Waals surface area contributed by atoms with Crippen LogP contribution >= 0.6 is 0 Å². The predicted molar refractivity (Wildman–Crippen MR) is 52.6 cm³/mol. The molecule has 1 heteroatoms. The Morgan fingerprint density at radius 3 is 2.54 bits per heavy atom. The molecule has 0 radical (unpaired) electrons. The lowest BCUT2D eigenvalue weighted by Crippen LogP contribution is -2.34. The molecule has 0 unspecified atom stereocenters. The Morgan fingerprint density at radius 2 is 2.00 bits per heavy atom. The van der Waals surface area contributed by atoms with Crippen molar-refractivity contribution in [2.45, 2.75) is 38.3 Å². The van der Waals surface area contributed by atoms with E-state index in [1.807, 2.05) is 18.2 Å². The van der Waals surface area contributed by atoms with E-state index in [0.717, 1.165) is 19.3 Å². The van der Waals surface area contributed by atoms with Gasteiger partial charge in [0.15, 0.2) is 0 Å². The summed E-state index contributed by atoms with van der Waals surface area (Å²) < 4.78 is 13.8. The van der Waals surface area contributed by atoms with E-state index in [-0.39, 0.29) is 0 Å². The molecule has 0 aliphatic heterocycles. The smallest absolute Gasteiger partial charge is 0.115 e. The maximum absolute atomic E-state index is 13.8. The molecule has 1 aliphatic rings. The third-order valence-electron chi connectivity index (χ3n) is 3.02. The summed E-state index contributed by atoms with van der Waals surface area (Å²) in [7, 11) is 0. The van der Waals surface area contributed by atoms with Crippen LogP contribution < -0.4 is 0 Å². The van der Waals surface area contributed by atoms with Gasteiger partial charge >= 0.3 is 0 Å². The minimum Gasteiger partial charge on any atom is -0.244 e. The van der Waals surface area contributed by atoms with E-state index in [9.17, 15) is 4.39 Å². The van der Waals surface area contributed by atoms with Gasteiger partial charge in [0.05, 0.1) is 0 Å². The quantitative estimate of drug-likeness (QED) is 0.651. The molecular formula is C12H15F. The molecule has 1 aromatic carbocycles. The van der Waals surface area contributed by atoms with Crippen LogP contribution in [-0.4, -0.2) is 5.67 Å². The summed E-state index contributed by atoms with van der Waals surface area (Å²) in [4.78, 5) is 0. The van der Waals surface area contributed by atoms with Crippen LogP contribution in [0.2, 0.25) is 0 Å².